The maximum atomic E-state index is 12.4. The van der Waals surface area contributed by atoms with Crippen molar-refractivity contribution in [3.63, 3.8) is 0 Å². The number of amides is 1. The average molecular weight is 418 g/mol. The molecule has 0 aliphatic carbocycles. The molecule has 6 nitrogen and oxygen atoms in total. The third kappa shape index (κ3) is 6.10. The topological polar surface area (TPSA) is 54.0 Å². The molecule has 1 heterocycles. The standard InChI is InChI=1S/C22H28ClN3O3/c1-25-11-13-26(14-12-25)19(17-7-9-18(23)10-8-17)15-24-22(27)16-29-21-6-4-3-5-20(21)28-2/h3-10,19H,11-16H2,1-2H3,(H,24,27)/t19-/m1/s1. The van der Waals surface area contributed by atoms with Gasteiger partial charge in [-0.2, -0.15) is 0 Å². The Labute approximate surface area is 177 Å². The molecule has 2 aromatic rings. The fourth-order valence-electron chi connectivity index (χ4n) is 3.42. The molecular formula is C22H28ClN3O3. The number of rotatable bonds is 8. The highest BCUT2D eigenvalue weighted by Gasteiger charge is 2.24. The van der Waals surface area contributed by atoms with Crippen LogP contribution in [0.15, 0.2) is 48.5 Å². The molecule has 156 valence electrons. The molecule has 2 aromatic carbocycles. The SMILES string of the molecule is COc1ccccc1OCC(=O)NC[C@H](c1ccc(Cl)cc1)N1CCN(C)CC1. The van der Waals surface area contributed by atoms with Crippen LogP contribution in [0.4, 0.5) is 0 Å². The van der Waals surface area contributed by atoms with Crippen molar-refractivity contribution in [1.29, 1.82) is 0 Å². The second kappa shape index (κ2) is 10.5. The second-order valence-electron chi connectivity index (χ2n) is 7.15. The Morgan fingerprint density at radius 2 is 1.72 bits per heavy atom. The second-order valence-corrected chi connectivity index (χ2v) is 7.59. The summed E-state index contributed by atoms with van der Waals surface area (Å²) < 4.78 is 10.9. The van der Waals surface area contributed by atoms with Gasteiger partial charge in [-0.1, -0.05) is 35.9 Å². The van der Waals surface area contributed by atoms with E-state index in [1.807, 2.05) is 36.4 Å². The summed E-state index contributed by atoms with van der Waals surface area (Å²) in [6, 6.07) is 15.2. The summed E-state index contributed by atoms with van der Waals surface area (Å²) in [5, 5.41) is 3.73. The van der Waals surface area contributed by atoms with Gasteiger partial charge < -0.3 is 19.7 Å². The number of piperazine rings is 1. The summed E-state index contributed by atoms with van der Waals surface area (Å²) >= 11 is 6.06. The number of ether oxygens (including phenoxy) is 2. The summed E-state index contributed by atoms with van der Waals surface area (Å²) in [4.78, 5) is 17.1. The smallest absolute Gasteiger partial charge is 0.258 e. The largest absolute Gasteiger partial charge is 0.493 e. The van der Waals surface area contributed by atoms with Crippen LogP contribution in [-0.2, 0) is 4.79 Å². The van der Waals surface area contributed by atoms with Crippen molar-refractivity contribution >= 4 is 17.5 Å². The molecule has 0 unspecified atom stereocenters. The van der Waals surface area contributed by atoms with Gasteiger partial charge in [0.25, 0.3) is 5.91 Å². The molecule has 1 fully saturated rings. The monoisotopic (exact) mass is 417 g/mol. The lowest BCUT2D eigenvalue weighted by molar-refractivity contribution is -0.123. The number of halogens is 1. The van der Waals surface area contributed by atoms with Gasteiger partial charge in [0.15, 0.2) is 18.1 Å². The van der Waals surface area contributed by atoms with E-state index in [4.69, 9.17) is 21.1 Å². The number of methoxy groups -OCH3 is 1. The number of benzene rings is 2. The van der Waals surface area contributed by atoms with E-state index in [1.165, 1.54) is 0 Å². The van der Waals surface area contributed by atoms with Crippen molar-refractivity contribution in [3.05, 3.63) is 59.1 Å². The predicted molar refractivity (Wildman–Crippen MR) is 115 cm³/mol. The summed E-state index contributed by atoms with van der Waals surface area (Å²) in [6.45, 7) is 4.38. The number of hydrogen-bond acceptors (Lipinski definition) is 5. The first-order valence-corrected chi connectivity index (χ1v) is 10.1. The number of para-hydroxylation sites is 2. The highest BCUT2D eigenvalue weighted by molar-refractivity contribution is 6.30. The molecule has 1 aliphatic heterocycles. The van der Waals surface area contributed by atoms with Gasteiger partial charge in [-0.3, -0.25) is 9.69 Å². The molecular weight excluding hydrogens is 390 g/mol. The predicted octanol–water partition coefficient (Wildman–Crippen LogP) is 2.83. The lowest BCUT2D eigenvalue weighted by atomic mass is 10.0. The zero-order valence-electron chi connectivity index (χ0n) is 16.9. The van der Waals surface area contributed by atoms with Crippen LogP contribution >= 0.6 is 11.6 Å². The molecule has 0 bridgehead atoms. The Morgan fingerprint density at radius 1 is 1.07 bits per heavy atom. The van der Waals surface area contributed by atoms with Crippen LogP contribution < -0.4 is 14.8 Å². The van der Waals surface area contributed by atoms with Gasteiger partial charge in [0, 0.05) is 37.7 Å². The van der Waals surface area contributed by atoms with E-state index in [0.29, 0.717) is 23.1 Å². The van der Waals surface area contributed by atoms with Gasteiger partial charge in [-0.15, -0.1) is 0 Å². The summed E-state index contributed by atoms with van der Waals surface area (Å²) in [5.41, 5.74) is 1.14. The van der Waals surface area contributed by atoms with Crippen LogP contribution in [0, 0.1) is 0 Å². The van der Waals surface area contributed by atoms with Crippen LogP contribution in [0.25, 0.3) is 0 Å². The van der Waals surface area contributed by atoms with E-state index in [2.05, 4.69) is 22.2 Å². The van der Waals surface area contributed by atoms with Gasteiger partial charge in [0.2, 0.25) is 0 Å². The number of nitrogens with zero attached hydrogens (tertiary/aromatic N) is 2. The van der Waals surface area contributed by atoms with E-state index < -0.39 is 0 Å². The lowest BCUT2D eigenvalue weighted by Crippen LogP contribution is -2.48. The zero-order valence-corrected chi connectivity index (χ0v) is 17.7. The third-order valence-electron chi connectivity index (χ3n) is 5.15. The molecule has 0 spiro atoms. The van der Waals surface area contributed by atoms with Gasteiger partial charge in [0.05, 0.1) is 13.2 Å². The summed E-state index contributed by atoms with van der Waals surface area (Å²) in [5.74, 6) is 0.999. The lowest BCUT2D eigenvalue weighted by Gasteiger charge is -2.38. The molecule has 1 aliphatic rings. The molecule has 1 saturated heterocycles. The van der Waals surface area contributed by atoms with Gasteiger partial charge in [-0.25, -0.2) is 0 Å². The van der Waals surface area contributed by atoms with E-state index in [9.17, 15) is 4.79 Å². The molecule has 7 heteroatoms. The first kappa shape index (κ1) is 21.4. The zero-order chi connectivity index (χ0) is 20.6. The molecule has 0 aromatic heterocycles. The van der Waals surface area contributed by atoms with Crippen LogP contribution in [0.3, 0.4) is 0 Å². The number of nitrogens with one attached hydrogen (secondary N) is 1. The Morgan fingerprint density at radius 3 is 2.38 bits per heavy atom. The highest BCUT2D eigenvalue weighted by Crippen LogP contribution is 2.26. The van der Waals surface area contributed by atoms with E-state index >= 15 is 0 Å². The molecule has 29 heavy (non-hydrogen) atoms. The highest BCUT2D eigenvalue weighted by atomic mass is 35.5. The van der Waals surface area contributed by atoms with Gasteiger partial charge in [0.1, 0.15) is 0 Å². The van der Waals surface area contributed by atoms with Gasteiger partial charge >= 0.3 is 0 Å². The van der Waals surface area contributed by atoms with Crippen molar-refractivity contribution in [2.75, 3.05) is 53.5 Å². The van der Waals surface area contributed by atoms with Crippen molar-refractivity contribution in [2.24, 2.45) is 0 Å². The fourth-order valence-corrected chi connectivity index (χ4v) is 3.55. The average Bonchev–Trinajstić information content (AvgIpc) is 2.75. The van der Waals surface area contributed by atoms with Crippen LogP contribution in [0.1, 0.15) is 11.6 Å². The summed E-state index contributed by atoms with van der Waals surface area (Å²) in [6.07, 6.45) is 0. The van der Waals surface area contributed by atoms with E-state index in [-0.39, 0.29) is 18.6 Å². The molecule has 0 saturated carbocycles. The minimum absolute atomic E-state index is 0.0591. The van der Waals surface area contributed by atoms with Crippen LogP contribution in [0.2, 0.25) is 5.02 Å². The van der Waals surface area contributed by atoms with Crippen LogP contribution in [0.5, 0.6) is 11.5 Å². The van der Waals surface area contributed by atoms with E-state index in [0.717, 1.165) is 31.7 Å². The van der Waals surface area contributed by atoms with Crippen molar-refractivity contribution in [3.8, 4) is 11.5 Å². The number of carbonyl (C=O) groups excluding carboxylic acids is 1. The number of carbonyl (C=O) groups is 1. The molecule has 1 amide bonds. The minimum atomic E-state index is -0.163. The molecule has 1 atom stereocenters. The molecule has 3 rings (SSSR count). The fraction of sp³-hybridized carbons (Fsp3) is 0.409. The maximum Gasteiger partial charge on any atom is 0.258 e. The van der Waals surface area contributed by atoms with Crippen molar-refractivity contribution in [2.45, 2.75) is 6.04 Å². The van der Waals surface area contributed by atoms with Crippen molar-refractivity contribution < 1.29 is 14.3 Å². The normalized spacial score (nSPS) is 16.2. The Hall–Kier alpha value is -2.28. The number of hydrogen-bond donors (Lipinski definition) is 1. The molecule has 0 radical (unpaired) electrons. The van der Waals surface area contributed by atoms with Crippen molar-refractivity contribution in [1.82, 2.24) is 15.1 Å². The maximum absolute atomic E-state index is 12.4. The Bertz CT molecular complexity index is 792. The molecule has 1 N–H and O–H groups in total. The first-order chi connectivity index (χ1) is 14.1. The third-order valence-corrected chi connectivity index (χ3v) is 5.41. The first-order valence-electron chi connectivity index (χ1n) is 9.77. The minimum Gasteiger partial charge on any atom is -0.493 e. The van der Waals surface area contributed by atoms with Gasteiger partial charge in [-0.05, 0) is 36.9 Å². The van der Waals surface area contributed by atoms with E-state index in [1.54, 1.807) is 19.2 Å². The number of likely N-dealkylation sites (N-methyl/N-ethyl adjacent to an activating group) is 1. The summed E-state index contributed by atoms with van der Waals surface area (Å²) in [7, 11) is 3.71. The quantitative estimate of drug-likeness (QED) is 0.715. The Balaban J connectivity index is 1.60. The Kier molecular flexibility index (Phi) is 7.75. The van der Waals surface area contributed by atoms with Crippen LogP contribution in [-0.4, -0.2) is 69.2 Å².